The van der Waals surface area contributed by atoms with Crippen molar-refractivity contribution in [2.45, 2.75) is 0 Å². The smallest absolute Gasteiger partial charge is 0.136 e. The van der Waals surface area contributed by atoms with Crippen LogP contribution >= 0.6 is 11.3 Å². The summed E-state index contributed by atoms with van der Waals surface area (Å²) in [6, 6.07) is 49.9. The molecule has 192 valence electrons. The van der Waals surface area contributed by atoms with Crippen LogP contribution in [0, 0.1) is 0 Å². The molecule has 3 heteroatoms. The van der Waals surface area contributed by atoms with E-state index in [4.69, 9.17) is 4.42 Å². The molecule has 0 atom stereocenters. The summed E-state index contributed by atoms with van der Waals surface area (Å²) in [4.78, 5) is 0. The van der Waals surface area contributed by atoms with Gasteiger partial charge in [-0.1, -0.05) is 91.0 Å². The maximum absolute atomic E-state index is 6.24. The van der Waals surface area contributed by atoms with Crippen LogP contribution in [0.25, 0.3) is 81.1 Å². The Labute approximate surface area is 240 Å². The van der Waals surface area contributed by atoms with Crippen LogP contribution in [-0.2, 0) is 0 Å². The van der Waals surface area contributed by atoms with Crippen LogP contribution in [0.5, 0.6) is 0 Å². The highest BCUT2D eigenvalue weighted by molar-refractivity contribution is 7.26. The van der Waals surface area contributed by atoms with E-state index in [0.717, 1.165) is 27.5 Å². The van der Waals surface area contributed by atoms with Crippen LogP contribution in [0.15, 0.2) is 144 Å². The summed E-state index contributed by atoms with van der Waals surface area (Å²) >= 11 is 1.88. The van der Waals surface area contributed by atoms with Gasteiger partial charge in [-0.15, -0.1) is 11.3 Å². The summed E-state index contributed by atoms with van der Waals surface area (Å²) in [5, 5.41) is 4.89. The zero-order valence-corrected chi connectivity index (χ0v) is 22.9. The van der Waals surface area contributed by atoms with Crippen LogP contribution in [-0.4, -0.2) is 4.57 Å². The number of furan rings is 1. The molecule has 0 spiro atoms. The predicted octanol–water partition coefficient (Wildman–Crippen LogP) is 11.2. The van der Waals surface area contributed by atoms with Crippen LogP contribution in [0.2, 0.25) is 0 Å². The fourth-order valence-electron chi connectivity index (χ4n) is 6.36. The van der Waals surface area contributed by atoms with Gasteiger partial charge in [-0.05, 0) is 70.8 Å². The van der Waals surface area contributed by atoms with Gasteiger partial charge in [0, 0.05) is 31.9 Å². The molecule has 9 rings (SSSR count). The van der Waals surface area contributed by atoms with Crippen molar-refractivity contribution in [1.29, 1.82) is 0 Å². The lowest BCUT2D eigenvalue weighted by Crippen LogP contribution is -1.93. The topological polar surface area (TPSA) is 18.1 Å². The highest BCUT2D eigenvalue weighted by Crippen LogP contribution is 2.44. The normalized spacial score (nSPS) is 11.9. The Morgan fingerprint density at radius 2 is 1.15 bits per heavy atom. The molecule has 6 aromatic carbocycles. The Morgan fingerprint density at radius 1 is 0.488 bits per heavy atom. The van der Waals surface area contributed by atoms with E-state index < -0.39 is 0 Å². The number of hydrogen-bond acceptors (Lipinski definition) is 2. The van der Waals surface area contributed by atoms with Gasteiger partial charge in [-0.25, -0.2) is 0 Å². The summed E-state index contributed by atoms with van der Waals surface area (Å²) < 4.78 is 11.3. The minimum absolute atomic E-state index is 0.917. The SMILES string of the molecule is c1ccc(-n2c3ccccc3c3sc4ccc(-c5ccccc5-c5ccc6c(c5)oc5ccccc56)cc4c32)cc1. The lowest BCUT2D eigenvalue weighted by atomic mass is 9.93. The fourth-order valence-corrected chi connectivity index (χ4v) is 7.57. The molecule has 0 N–H and O–H groups in total. The molecule has 0 bridgehead atoms. The Balaban J connectivity index is 1.27. The van der Waals surface area contributed by atoms with E-state index in [1.165, 1.54) is 53.6 Å². The van der Waals surface area contributed by atoms with E-state index in [1.54, 1.807) is 0 Å². The molecular weight excluding hydrogens is 518 g/mol. The van der Waals surface area contributed by atoms with Crippen molar-refractivity contribution < 1.29 is 4.42 Å². The summed E-state index contributed by atoms with van der Waals surface area (Å²) in [6.45, 7) is 0. The number of para-hydroxylation sites is 3. The quantitative estimate of drug-likeness (QED) is 0.217. The van der Waals surface area contributed by atoms with Gasteiger partial charge < -0.3 is 8.98 Å². The Morgan fingerprint density at radius 3 is 2.00 bits per heavy atom. The first-order valence-electron chi connectivity index (χ1n) is 13.9. The number of rotatable bonds is 3. The molecule has 41 heavy (non-hydrogen) atoms. The van der Waals surface area contributed by atoms with Crippen molar-refractivity contribution in [3.8, 4) is 27.9 Å². The standard InChI is InChI=1S/C38H23NOS/c1-2-10-26(11-3-1)39-33-16-8-6-15-31(33)38-37(39)32-22-24(19-21-36(32)41-38)27-12-4-5-13-28(27)25-18-20-30-29-14-7-9-17-34(29)40-35(30)23-25/h1-23H. The molecule has 0 aliphatic rings. The highest BCUT2D eigenvalue weighted by Gasteiger charge is 2.19. The molecule has 0 radical (unpaired) electrons. The van der Waals surface area contributed by atoms with E-state index in [0.29, 0.717) is 0 Å². The largest absolute Gasteiger partial charge is 0.456 e. The average molecular weight is 542 g/mol. The van der Waals surface area contributed by atoms with Gasteiger partial charge in [-0.3, -0.25) is 0 Å². The van der Waals surface area contributed by atoms with E-state index in [-0.39, 0.29) is 0 Å². The first-order valence-corrected chi connectivity index (χ1v) is 14.7. The second-order valence-corrected chi connectivity index (χ2v) is 11.6. The summed E-state index contributed by atoms with van der Waals surface area (Å²) in [5.41, 5.74) is 10.3. The van der Waals surface area contributed by atoms with Crippen LogP contribution in [0.3, 0.4) is 0 Å². The summed E-state index contributed by atoms with van der Waals surface area (Å²) in [6.07, 6.45) is 0. The first-order chi connectivity index (χ1) is 20.3. The second-order valence-electron chi connectivity index (χ2n) is 10.5. The van der Waals surface area contributed by atoms with Gasteiger partial charge >= 0.3 is 0 Å². The molecule has 9 aromatic rings. The van der Waals surface area contributed by atoms with Crippen molar-refractivity contribution >= 4 is 64.5 Å². The van der Waals surface area contributed by atoms with Gasteiger partial charge in [0.05, 0.1) is 15.7 Å². The van der Waals surface area contributed by atoms with Gasteiger partial charge in [0.1, 0.15) is 11.2 Å². The van der Waals surface area contributed by atoms with Crippen molar-refractivity contribution in [3.05, 3.63) is 140 Å². The fraction of sp³-hybridized carbons (Fsp3) is 0. The summed E-state index contributed by atoms with van der Waals surface area (Å²) in [5.74, 6) is 0. The molecule has 0 saturated carbocycles. The lowest BCUT2D eigenvalue weighted by Gasteiger charge is -2.11. The number of thiophene rings is 1. The molecule has 3 heterocycles. The molecule has 0 saturated heterocycles. The number of hydrogen-bond donors (Lipinski definition) is 0. The molecule has 0 aliphatic heterocycles. The molecule has 0 fully saturated rings. The number of aromatic nitrogens is 1. The monoisotopic (exact) mass is 541 g/mol. The Kier molecular flexibility index (Phi) is 4.80. The van der Waals surface area contributed by atoms with Gasteiger partial charge in [0.15, 0.2) is 0 Å². The number of benzene rings is 6. The third-order valence-electron chi connectivity index (χ3n) is 8.22. The van der Waals surface area contributed by atoms with Gasteiger partial charge in [0.25, 0.3) is 0 Å². The van der Waals surface area contributed by atoms with Crippen LogP contribution in [0.4, 0.5) is 0 Å². The van der Waals surface area contributed by atoms with Gasteiger partial charge in [-0.2, -0.15) is 0 Å². The van der Waals surface area contributed by atoms with Crippen molar-refractivity contribution in [2.24, 2.45) is 0 Å². The number of nitrogens with zero attached hydrogens (tertiary/aromatic N) is 1. The second kappa shape index (κ2) is 8.69. The molecule has 2 nitrogen and oxygen atoms in total. The van der Waals surface area contributed by atoms with Crippen molar-refractivity contribution in [1.82, 2.24) is 4.57 Å². The Bertz CT molecular complexity index is 2420. The van der Waals surface area contributed by atoms with E-state index >= 15 is 0 Å². The maximum Gasteiger partial charge on any atom is 0.136 e. The Hall–Kier alpha value is -5.12. The van der Waals surface area contributed by atoms with Gasteiger partial charge in [0.2, 0.25) is 0 Å². The molecule has 3 aromatic heterocycles. The summed E-state index contributed by atoms with van der Waals surface area (Å²) in [7, 11) is 0. The predicted molar refractivity (Wildman–Crippen MR) is 174 cm³/mol. The molecular formula is C38H23NOS. The molecule has 0 amide bonds. The van der Waals surface area contributed by atoms with E-state index in [9.17, 15) is 0 Å². The highest BCUT2D eigenvalue weighted by atomic mass is 32.1. The van der Waals surface area contributed by atoms with Crippen molar-refractivity contribution in [3.63, 3.8) is 0 Å². The van der Waals surface area contributed by atoms with Crippen molar-refractivity contribution in [2.75, 3.05) is 0 Å². The van der Waals surface area contributed by atoms with E-state index in [1.807, 2.05) is 23.5 Å². The zero-order valence-electron chi connectivity index (χ0n) is 22.0. The minimum atomic E-state index is 0.917. The average Bonchev–Trinajstić information content (AvgIpc) is 3.69. The molecule has 0 unspecified atom stereocenters. The first kappa shape index (κ1) is 22.7. The minimum Gasteiger partial charge on any atom is -0.456 e. The van der Waals surface area contributed by atoms with E-state index in [2.05, 4.69) is 132 Å². The van der Waals surface area contributed by atoms with Crippen LogP contribution < -0.4 is 0 Å². The third kappa shape index (κ3) is 3.36. The lowest BCUT2D eigenvalue weighted by molar-refractivity contribution is 0.669. The zero-order chi connectivity index (χ0) is 26.9. The van der Waals surface area contributed by atoms with Crippen LogP contribution in [0.1, 0.15) is 0 Å². The number of fused-ring (bicyclic) bond motifs is 8. The maximum atomic E-state index is 6.24. The third-order valence-corrected chi connectivity index (χ3v) is 9.41. The molecule has 0 aliphatic carbocycles.